The molecule has 0 radical (unpaired) electrons. The quantitative estimate of drug-likeness (QED) is 0.526. The lowest BCUT2D eigenvalue weighted by molar-refractivity contribution is -0.908. The molecule has 2 aromatic heterocycles. The Kier molecular flexibility index (Phi) is 6.73. The molecule has 0 bridgehead atoms. The van der Waals surface area contributed by atoms with Crippen LogP contribution >= 0.6 is 11.3 Å². The second-order valence-corrected chi connectivity index (χ2v) is 7.97. The fourth-order valence-electron chi connectivity index (χ4n) is 3.35. The Bertz CT molecular complexity index is 1120. The van der Waals surface area contributed by atoms with Crippen LogP contribution in [0.25, 0.3) is 10.2 Å². The fourth-order valence-corrected chi connectivity index (χ4v) is 4.47. The van der Waals surface area contributed by atoms with Crippen molar-refractivity contribution in [1.29, 1.82) is 0 Å². The van der Waals surface area contributed by atoms with Crippen LogP contribution in [0.4, 0.5) is 0 Å². The number of hydrogen-bond acceptors (Lipinski definition) is 7. The molecule has 2 N–H and O–H groups in total. The van der Waals surface area contributed by atoms with Crippen molar-refractivity contribution in [3.63, 3.8) is 0 Å². The van der Waals surface area contributed by atoms with Crippen LogP contribution in [0.2, 0.25) is 0 Å². The number of nitrogens with zero attached hydrogens (tertiary/aromatic N) is 1. The van der Waals surface area contributed by atoms with E-state index < -0.39 is 5.97 Å². The molecule has 0 saturated heterocycles. The highest BCUT2D eigenvalue weighted by Crippen LogP contribution is 2.28. The average molecular weight is 433 g/mol. The first-order valence-corrected chi connectivity index (χ1v) is 10.4. The van der Waals surface area contributed by atoms with Gasteiger partial charge in [0.2, 0.25) is 0 Å². The van der Waals surface area contributed by atoms with E-state index in [2.05, 4.69) is 9.97 Å². The lowest BCUT2D eigenvalue weighted by atomic mass is 10.2. The number of aromatic nitrogens is 2. The molecule has 9 heteroatoms. The maximum absolute atomic E-state index is 12.6. The van der Waals surface area contributed by atoms with E-state index in [-0.39, 0.29) is 5.56 Å². The first kappa shape index (κ1) is 21.8. The second kappa shape index (κ2) is 9.27. The molecule has 0 fully saturated rings. The van der Waals surface area contributed by atoms with Crippen molar-refractivity contribution < 1.29 is 23.9 Å². The van der Waals surface area contributed by atoms with Crippen LogP contribution in [0, 0.1) is 6.92 Å². The standard InChI is InChI=1S/C21H25N3O5S/c1-6-29-14-8-7-13(9-15(14)27-4)10-24(3)11-16-22-19(25)17-12(2)18(21(26)28-5)30-20(17)23-16/h7-9H,6,10-11H2,1-5H3,(H,22,23,25)/p+1. The van der Waals surface area contributed by atoms with Crippen molar-refractivity contribution in [1.82, 2.24) is 9.97 Å². The number of methoxy groups -OCH3 is 2. The summed E-state index contributed by atoms with van der Waals surface area (Å²) in [5.74, 6) is 1.52. The summed E-state index contributed by atoms with van der Waals surface area (Å²) in [4.78, 5) is 34.0. The Hall–Kier alpha value is -2.91. The lowest BCUT2D eigenvalue weighted by Crippen LogP contribution is -3.06. The van der Waals surface area contributed by atoms with Crippen molar-refractivity contribution >= 4 is 27.5 Å². The van der Waals surface area contributed by atoms with Crippen molar-refractivity contribution in [2.24, 2.45) is 0 Å². The number of quaternary nitrogens is 1. The van der Waals surface area contributed by atoms with Gasteiger partial charge in [-0.2, -0.15) is 0 Å². The third-order valence-electron chi connectivity index (χ3n) is 4.72. The van der Waals surface area contributed by atoms with Gasteiger partial charge in [0.15, 0.2) is 17.3 Å². The molecule has 1 unspecified atom stereocenters. The Balaban J connectivity index is 1.80. The molecule has 30 heavy (non-hydrogen) atoms. The highest BCUT2D eigenvalue weighted by molar-refractivity contribution is 7.20. The number of aromatic amines is 1. The Morgan fingerprint density at radius 2 is 2.00 bits per heavy atom. The number of esters is 1. The van der Waals surface area contributed by atoms with Crippen LogP contribution in [0.5, 0.6) is 11.5 Å². The van der Waals surface area contributed by atoms with E-state index in [4.69, 9.17) is 14.2 Å². The van der Waals surface area contributed by atoms with E-state index in [0.29, 0.717) is 57.7 Å². The number of benzene rings is 1. The van der Waals surface area contributed by atoms with Gasteiger partial charge in [-0.25, -0.2) is 9.78 Å². The van der Waals surface area contributed by atoms with Crippen LogP contribution in [-0.2, 0) is 17.8 Å². The van der Waals surface area contributed by atoms with E-state index in [0.717, 1.165) is 10.5 Å². The number of rotatable bonds is 8. The maximum atomic E-state index is 12.6. The number of carbonyl (C=O) groups excluding carboxylic acids is 1. The molecular weight excluding hydrogens is 406 g/mol. The molecule has 0 spiro atoms. The smallest absolute Gasteiger partial charge is 0.348 e. The van der Waals surface area contributed by atoms with Gasteiger partial charge in [0.1, 0.15) is 22.8 Å². The summed E-state index contributed by atoms with van der Waals surface area (Å²) in [7, 11) is 4.96. The van der Waals surface area contributed by atoms with Gasteiger partial charge < -0.3 is 24.1 Å². The molecule has 0 amide bonds. The van der Waals surface area contributed by atoms with Gasteiger partial charge in [0, 0.05) is 5.56 Å². The molecule has 1 aromatic carbocycles. The molecule has 3 aromatic rings. The predicted molar refractivity (Wildman–Crippen MR) is 115 cm³/mol. The van der Waals surface area contributed by atoms with Crippen molar-refractivity contribution in [2.45, 2.75) is 26.9 Å². The van der Waals surface area contributed by atoms with Gasteiger partial charge >= 0.3 is 5.97 Å². The van der Waals surface area contributed by atoms with Crippen LogP contribution in [-0.4, -0.2) is 43.8 Å². The molecule has 0 aliphatic heterocycles. The Morgan fingerprint density at radius 3 is 2.67 bits per heavy atom. The molecule has 1 atom stereocenters. The molecule has 8 nitrogen and oxygen atoms in total. The Labute approximate surface area is 178 Å². The third kappa shape index (κ3) is 4.47. The highest BCUT2D eigenvalue weighted by Gasteiger charge is 2.20. The van der Waals surface area contributed by atoms with Gasteiger partial charge in [0.05, 0.1) is 33.3 Å². The molecule has 2 heterocycles. The number of carbonyl (C=O) groups is 1. The summed E-state index contributed by atoms with van der Waals surface area (Å²) in [6.07, 6.45) is 0. The third-order valence-corrected chi connectivity index (χ3v) is 5.89. The van der Waals surface area contributed by atoms with Gasteiger partial charge in [-0.1, -0.05) is 0 Å². The number of hydrogen-bond donors (Lipinski definition) is 2. The van der Waals surface area contributed by atoms with Crippen LogP contribution in [0.3, 0.4) is 0 Å². The van der Waals surface area contributed by atoms with Gasteiger partial charge in [0.25, 0.3) is 5.56 Å². The zero-order valence-electron chi connectivity index (χ0n) is 17.8. The molecular formula is C21H26N3O5S+. The number of nitrogens with one attached hydrogen (secondary N) is 2. The summed E-state index contributed by atoms with van der Waals surface area (Å²) in [6.45, 7) is 5.46. The van der Waals surface area contributed by atoms with Crippen LogP contribution in [0.1, 0.15) is 33.5 Å². The lowest BCUT2D eigenvalue weighted by Gasteiger charge is -2.15. The summed E-state index contributed by atoms with van der Waals surface area (Å²) >= 11 is 1.18. The van der Waals surface area contributed by atoms with E-state index in [1.54, 1.807) is 14.0 Å². The zero-order chi connectivity index (χ0) is 21.8. The largest absolute Gasteiger partial charge is 0.493 e. The Morgan fingerprint density at radius 1 is 1.23 bits per heavy atom. The minimum absolute atomic E-state index is 0.241. The molecule has 0 aliphatic carbocycles. The highest BCUT2D eigenvalue weighted by atomic mass is 32.1. The second-order valence-electron chi connectivity index (χ2n) is 6.97. The molecule has 3 rings (SSSR count). The summed E-state index contributed by atoms with van der Waals surface area (Å²) < 4.78 is 15.8. The predicted octanol–water partition coefficient (Wildman–Crippen LogP) is 1.70. The summed E-state index contributed by atoms with van der Waals surface area (Å²) in [5, 5.41) is 0.443. The topological polar surface area (TPSA) is 95.0 Å². The first-order valence-electron chi connectivity index (χ1n) is 9.59. The fraction of sp³-hybridized carbons (Fsp3) is 0.381. The molecule has 0 saturated carbocycles. The van der Waals surface area contributed by atoms with Crippen molar-refractivity contribution in [2.75, 3.05) is 27.9 Å². The first-order chi connectivity index (χ1) is 14.4. The van der Waals surface area contributed by atoms with Gasteiger partial charge in [-0.05, 0) is 37.6 Å². The van der Waals surface area contributed by atoms with Crippen LogP contribution in [0.15, 0.2) is 23.0 Å². The van der Waals surface area contributed by atoms with Gasteiger partial charge in [-0.15, -0.1) is 11.3 Å². The summed E-state index contributed by atoms with van der Waals surface area (Å²) in [6, 6.07) is 5.86. The molecule has 0 aliphatic rings. The zero-order valence-corrected chi connectivity index (χ0v) is 18.6. The number of ether oxygens (including phenoxy) is 3. The minimum Gasteiger partial charge on any atom is -0.493 e. The molecule has 160 valence electrons. The number of fused-ring (bicyclic) bond motifs is 1. The van der Waals surface area contributed by atoms with Crippen LogP contribution < -0.4 is 19.9 Å². The normalized spacial score (nSPS) is 12.0. The summed E-state index contributed by atoms with van der Waals surface area (Å²) in [5.41, 5.74) is 1.44. The maximum Gasteiger partial charge on any atom is 0.348 e. The average Bonchev–Trinajstić information content (AvgIpc) is 3.05. The number of thiophene rings is 1. The van der Waals surface area contributed by atoms with E-state index in [9.17, 15) is 9.59 Å². The van der Waals surface area contributed by atoms with E-state index in [1.165, 1.54) is 18.4 Å². The van der Waals surface area contributed by atoms with E-state index >= 15 is 0 Å². The number of aryl methyl sites for hydroxylation is 1. The monoisotopic (exact) mass is 432 g/mol. The van der Waals surface area contributed by atoms with Crippen molar-refractivity contribution in [3.8, 4) is 11.5 Å². The SMILES string of the molecule is CCOc1ccc(C[NH+](C)Cc2nc3sc(C(=O)OC)c(C)c3c(=O)[nH]2)cc1OC. The number of H-pyrrole nitrogens is 1. The van der Waals surface area contributed by atoms with E-state index in [1.807, 2.05) is 32.2 Å². The van der Waals surface area contributed by atoms with Gasteiger partial charge in [-0.3, -0.25) is 4.79 Å². The minimum atomic E-state index is -0.455. The van der Waals surface area contributed by atoms with Crippen molar-refractivity contribution in [3.05, 3.63) is 50.4 Å².